The van der Waals surface area contributed by atoms with Crippen LogP contribution in [0.15, 0.2) is 35.4 Å². The molecule has 1 aromatic carbocycles. The normalized spacial score (nSPS) is 20.1. The fourth-order valence-corrected chi connectivity index (χ4v) is 3.61. The Kier molecular flexibility index (Phi) is 7.50. The van der Waals surface area contributed by atoms with Gasteiger partial charge >= 0.3 is 6.18 Å². The molecule has 1 atom stereocenters. The first-order chi connectivity index (χ1) is 14.7. The second kappa shape index (κ2) is 10.1. The molecule has 0 aliphatic carbocycles. The van der Waals surface area contributed by atoms with Crippen LogP contribution in [0.5, 0.6) is 0 Å². The van der Waals surface area contributed by atoms with E-state index in [4.69, 9.17) is 5.73 Å². The van der Waals surface area contributed by atoms with Gasteiger partial charge in [-0.25, -0.2) is 0 Å². The molecule has 0 bridgehead atoms. The molecule has 2 amide bonds. The van der Waals surface area contributed by atoms with Gasteiger partial charge in [-0.05, 0) is 18.6 Å². The van der Waals surface area contributed by atoms with E-state index in [1.54, 1.807) is 17.0 Å². The summed E-state index contributed by atoms with van der Waals surface area (Å²) >= 11 is 0. The standard InChI is InChI=1S/C20H26F3N5O3/c21-20(22,23)14-31-12-4-7-26-8-10-27(11-9-26)19(30)16-13-17(18(24)29)28(25-16)15-5-2-1-3-6-15/h1-3,5-6,17H,4,7-14H2,(H2,24,29). The predicted molar refractivity (Wildman–Crippen MR) is 108 cm³/mol. The molecule has 1 aromatic rings. The molecule has 2 heterocycles. The molecule has 2 N–H and O–H groups in total. The van der Waals surface area contributed by atoms with E-state index in [1.807, 2.05) is 18.2 Å². The largest absolute Gasteiger partial charge is 0.411 e. The second-order valence-electron chi connectivity index (χ2n) is 7.50. The summed E-state index contributed by atoms with van der Waals surface area (Å²) < 4.78 is 40.8. The molecule has 8 nitrogen and oxygen atoms in total. The Balaban J connectivity index is 1.48. The molecular formula is C20H26F3N5O3. The number of carbonyl (C=O) groups is 2. The Bertz CT molecular complexity index is 795. The summed E-state index contributed by atoms with van der Waals surface area (Å²) in [5.41, 5.74) is 6.50. The maximum Gasteiger partial charge on any atom is 0.411 e. The zero-order valence-electron chi connectivity index (χ0n) is 17.1. The lowest BCUT2D eigenvalue weighted by atomic mass is 10.1. The first-order valence-corrected chi connectivity index (χ1v) is 10.1. The first-order valence-electron chi connectivity index (χ1n) is 10.1. The Hall–Kier alpha value is -2.66. The number of hydrogen-bond donors (Lipinski definition) is 1. The van der Waals surface area contributed by atoms with Crippen LogP contribution in [0.25, 0.3) is 0 Å². The van der Waals surface area contributed by atoms with Gasteiger partial charge in [0.05, 0.1) is 5.69 Å². The maximum atomic E-state index is 12.9. The molecule has 31 heavy (non-hydrogen) atoms. The number of nitrogens with two attached hydrogens (primary N) is 1. The smallest absolute Gasteiger partial charge is 0.372 e. The van der Waals surface area contributed by atoms with Gasteiger partial charge in [-0.1, -0.05) is 18.2 Å². The highest BCUT2D eigenvalue weighted by Gasteiger charge is 2.37. The van der Waals surface area contributed by atoms with E-state index in [9.17, 15) is 22.8 Å². The van der Waals surface area contributed by atoms with Crippen molar-refractivity contribution < 1.29 is 27.5 Å². The summed E-state index contributed by atoms with van der Waals surface area (Å²) in [6.45, 7) is 1.59. The van der Waals surface area contributed by atoms with Gasteiger partial charge in [0.15, 0.2) is 0 Å². The number of carbonyl (C=O) groups excluding carboxylic acids is 2. The minimum atomic E-state index is -4.31. The molecule has 3 rings (SSSR count). The number of hydrogen-bond acceptors (Lipinski definition) is 6. The molecule has 11 heteroatoms. The second-order valence-corrected chi connectivity index (χ2v) is 7.50. The van der Waals surface area contributed by atoms with Crippen LogP contribution in [0.1, 0.15) is 12.8 Å². The van der Waals surface area contributed by atoms with E-state index < -0.39 is 24.7 Å². The number of anilines is 1. The van der Waals surface area contributed by atoms with E-state index in [0.29, 0.717) is 50.5 Å². The average Bonchev–Trinajstić information content (AvgIpc) is 3.19. The van der Waals surface area contributed by atoms with Gasteiger partial charge in [-0.15, -0.1) is 0 Å². The number of primary amides is 1. The number of rotatable bonds is 8. The fourth-order valence-electron chi connectivity index (χ4n) is 3.61. The van der Waals surface area contributed by atoms with Crippen LogP contribution in [0.4, 0.5) is 18.9 Å². The van der Waals surface area contributed by atoms with Gasteiger partial charge in [-0.2, -0.15) is 18.3 Å². The minimum absolute atomic E-state index is 0.0410. The lowest BCUT2D eigenvalue weighted by Crippen LogP contribution is -2.50. The van der Waals surface area contributed by atoms with Crippen LogP contribution < -0.4 is 10.7 Å². The number of alkyl halides is 3. The van der Waals surface area contributed by atoms with Gasteiger partial charge < -0.3 is 15.4 Å². The summed E-state index contributed by atoms with van der Waals surface area (Å²) in [4.78, 5) is 28.6. The van der Waals surface area contributed by atoms with Crippen LogP contribution in [0, 0.1) is 0 Å². The zero-order valence-corrected chi connectivity index (χ0v) is 17.1. The average molecular weight is 441 g/mol. The first kappa shape index (κ1) is 23.0. The molecule has 1 fully saturated rings. The van der Waals surface area contributed by atoms with Gasteiger partial charge in [0.2, 0.25) is 5.91 Å². The van der Waals surface area contributed by atoms with Crippen molar-refractivity contribution in [2.24, 2.45) is 10.8 Å². The summed E-state index contributed by atoms with van der Waals surface area (Å²) in [6.07, 6.45) is -3.67. The zero-order chi connectivity index (χ0) is 22.4. The third kappa shape index (κ3) is 6.41. The number of para-hydroxylation sites is 1. The van der Waals surface area contributed by atoms with Crippen molar-refractivity contribution in [2.75, 3.05) is 50.9 Å². The predicted octanol–water partition coefficient (Wildman–Crippen LogP) is 1.22. The SMILES string of the molecule is NC(=O)C1CC(C(=O)N2CCN(CCCOCC(F)(F)F)CC2)=NN1c1ccccc1. The summed E-state index contributed by atoms with van der Waals surface area (Å²) in [7, 11) is 0. The number of ether oxygens (including phenoxy) is 1. The monoisotopic (exact) mass is 441 g/mol. The number of nitrogens with zero attached hydrogens (tertiary/aromatic N) is 4. The van der Waals surface area contributed by atoms with Gasteiger partial charge in [-0.3, -0.25) is 19.5 Å². The molecule has 170 valence electrons. The highest BCUT2D eigenvalue weighted by atomic mass is 19.4. The van der Waals surface area contributed by atoms with Crippen molar-refractivity contribution in [1.29, 1.82) is 0 Å². The van der Waals surface area contributed by atoms with Gasteiger partial charge in [0, 0.05) is 45.8 Å². The van der Waals surface area contributed by atoms with E-state index in [-0.39, 0.29) is 18.9 Å². The van der Waals surface area contributed by atoms with E-state index >= 15 is 0 Å². The number of amides is 2. The van der Waals surface area contributed by atoms with Crippen molar-refractivity contribution in [3.8, 4) is 0 Å². The lowest BCUT2D eigenvalue weighted by Gasteiger charge is -2.34. The molecule has 0 spiro atoms. The molecule has 0 aromatic heterocycles. The molecule has 1 unspecified atom stereocenters. The lowest BCUT2D eigenvalue weighted by molar-refractivity contribution is -0.174. The fraction of sp³-hybridized carbons (Fsp3) is 0.550. The molecule has 0 saturated carbocycles. The number of benzene rings is 1. The third-order valence-electron chi connectivity index (χ3n) is 5.19. The van der Waals surface area contributed by atoms with Crippen molar-refractivity contribution in [3.63, 3.8) is 0 Å². The van der Waals surface area contributed by atoms with Crippen LogP contribution in [-0.2, 0) is 14.3 Å². The molecular weight excluding hydrogens is 415 g/mol. The Labute approximate surface area is 178 Å². The maximum absolute atomic E-state index is 12.9. The van der Waals surface area contributed by atoms with Crippen LogP contribution in [-0.4, -0.2) is 85.5 Å². The van der Waals surface area contributed by atoms with Gasteiger partial charge in [0.1, 0.15) is 18.4 Å². The molecule has 1 saturated heterocycles. The van der Waals surface area contributed by atoms with Crippen LogP contribution >= 0.6 is 0 Å². The quantitative estimate of drug-likeness (QED) is 0.613. The van der Waals surface area contributed by atoms with Crippen LogP contribution in [0.3, 0.4) is 0 Å². The number of piperazine rings is 1. The Morgan fingerprint density at radius 1 is 1.13 bits per heavy atom. The van der Waals surface area contributed by atoms with Crippen LogP contribution in [0.2, 0.25) is 0 Å². The summed E-state index contributed by atoms with van der Waals surface area (Å²) in [6, 6.07) is 8.36. The van der Waals surface area contributed by atoms with Gasteiger partial charge in [0.25, 0.3) is 5.91 Å². The molecule has 2 aliphatic heterocycles. The minimum Gasteiger partial charge on any atom is -0.372 e. The Morgan fingerprint density at radius 3 is 2.42 bits per heavy atom. The summed E-state index contributed by atoms with van der Waals surface area (Å²) in [5.74, 6) is -0.772. The van der Waals surface area contributed by atoms with Crippen molar-refractivity contribution in [3.05, 3.63) is 30.3 Å². The van der Waals surface area contributed by atoms with E-state index in [1.165, 1.54) is 5.01 Å². The van der Waals surface area contributed by atoms with E-state index in [0.717, 1.165) is 0 Å². The highest BCUT2D eigenvalue weighted by Crippen LogP contribution is 2.25. The Morgan fingerprint density at radius 2 is 1.81 bits per heavy atom. The van der Waals surface area contributed by atoms with Crippen molar-refractivity contribution >= 4 is 23.2 Å². The summed E-state index contributed by atoms with van der Waals surface area (Å²) in [5, 5.41) is 5.87. The molecule has 0 radical (unpaired) electrons. The molecule has 2 aliphatic rings. The van der Waals surface area contributed by atoms with Crippen molar-refractivity contribution in [1.82, 2.24) is 9.80 Å². The topological polar surface area (TPSA) is 91.5 Å². The third-order valence-corrected chi connectivity index (χ3v) is 5.19. The van der Waals surface area contributed by atoms with Crippen molar-refractivity contribution in [2.45, 2.75) is 25.1 Å². The number of halogens is 3. The highest BCUT2D eigenvalue weighted by molar-refractivity contribution is 6.40. The van der Waals surface area contributed by atoms with E-state index in [2.05, 4.69) is 14.7 Å². The number of hydrazone groups is 1.